The maximum atomic E-state index is 12.5. The van der Waals surface area contributed by atoms with Gasteiger partial charge in [-0.15, -0.1) is 23.1 Å². The molecule has 1 saturated heterocycles. The zero-order valence-corrected chi connectivity index (χ0v) is 19.9. The molecule has 0 radical (unpaired) electrons. The van der Waals surface area contributed by atoms with Crippen LogP contribution in [0.3, 0.4) is 0 Å². The first-order valence-electron chi connectivity index (χ1n) is 8.30. The second kappa shape index (κ2) is 11.0. The number of alkyl halides is 2. The molecule has 2 aliphatic heterocycles. The predicted octanol–water partition coefficient (Wildman–Crippen LogP) is -4.42. The molecule has 0 unspecified atom stereocenters. The number of β-lactam (4-membered cyclic amide) rings is 1. The topological polar surface area (TPSA) is 183 Å². The zero-order chi connectivity index (χ0) is 22.7. The predicted molar refractivity (Wildman–Crippen MR) is 102 cm³/mol. The van der Waals surface area contributed by atoms with Crippen LogP contribution in [-0.2, 0) is 19.2 Å². The van der Waals surface area contributed by atoms with Crippen molar-refractivity contribution in [3.05, 3.63) is 22.3 Å². The molecule has 1 aromatic rings. The molecule has 32 heavy (non-hydrogen) atoms. The van der Waals surface area contributed by atoms with E-state index in [2.05, 4.69) is 25.4 Å². The van der Waals surface area contributed by atoms with E-state index >= 15 is 0 Å². The standard InChI is InChI=1S/C15H14F2N6O6S2.Na/c16-7(17)1-19-29-2-5-3-30-13-9(12(25)23(13)10(5)14(26)27)21-11(24)8(22-28)6-4-31-15(18)20-6;/h1,4,7,9,13,28H,2-3H2,(H2,18,20)(H,21,24)(H,26,27);/q;+1/p-1/b19-1?,22-8-;/t9-,13-;/m1./s1. The monoisotopic (exact) mass is 498 g/mol. The normalized spacial score (nSPS) is 20.7. The first-order valence-corrected chi connectivity index (χ1v) is 10.2. The summed E-state index contributed by atoms with van der Waals surface area (Å²) in [5.74, 6) is -3.29. The average molecular weight is 498 g/mol. The third-order valence-electron chi connectivity index (χ3n) is 4.09. The molecule has 0 bridgehead atoms. The number of anilines is 1. The van der Waals surface area contributed by atoms with E-state index in [1.54, 1.807) is 0 Å². The van der Waals surface area contributed by atoms with Gasteiger partial charge >= 0.3 is 29.6 Å². The summed E-state index contributed by atoms with van der Waals surface area (Å²) in [6.45, 7) is -0.445. The number of halogens is 2. The smallest absolute Gasteiger partial charge is 0.543 e. The summed E-state index contributed by atoms with van der Waals surface area (Å²) in [5, 5.41) is 29.7. The summed E-state index contributed by atoms with van der Waals surface area (Å²) >= 11 is 2.12. The van der Waals surface area contributed by atoms with Crippen LogP contribution in [0.5, 0.6) is 0 Å². The molecule has 12 nitrogen and oxygen atoms in total. The van der Waals surface area contributed by atoms with E-state index in [1.165, 1.54) is 5.38 Å². The van der Waals surface area contributed by atoms with E-state index in [0.29, 0.717) is 0 Å². The van der Waals surface area contributed by atoms with Crippen LogP contribution in [0.25, 0.3) is 0 Å². The molecule has 2 amide bonds. The molecule has 0 saturated carbocycles. The molecule has 2 aliphatic rings. The Kier molecular flexibility index (Phi) is 8.97. The molecule has 1 aromatic heterocycles. The molecule has 0 aromatic carbocycles. The van der Waals surface area contributed by atoms with Crippen molar-refractivity contribution >= 4 is 57.9 Å². The van der Waals surface area contributed by atoms with Crippen LogP contribution < -0.4 is 45.7 Å². The van der Waals surface area contributed by atoms with Crippen molar-refractivity contribution in [2.24, 2.45) is 10.3 Å². The summed E-state index contributed by atoms with van der Waals surface area (Å²) in [7, 11) is 0. The second-order valence-corrected chi connectivity index (χ2v) is 7.98. The van der Waals surface area contributed by atoms with Crippen molar-refractivity contribution in [3.8, 4) is 0 Å². The number of thioether (sulfide) groups is 1. The summed E-state index contributed by atoms with van der Waals surface area (Å²) in [5.41, 5.74) is 4.64. The van der Waals surface area contributed by atoms with Crippen molar-refractivity contribution in [3.63, 3.8) is 0 Å². The fraction of sp³-hybridized carbons (Fsp3) is 0.333. The molecule has 3 rings (SSSR count). The summed E-state index contributed by atoms with van der Waals surface area (Å²) < 4.78 is 24.1. The summed E-state index contributed by atoms with van der Waals surface area (Å²) in [6.07, 6.45) is -2.61. The molecular formula is C15H13F2N6NaO6S2. The molecular weight excluding hydrogens is 485 g/mol. The first-order chi connectivity index (χ1) is 14.7. The largest absolute Gasteiger partial charge is 1.00 e. The minimum Gasteiger partial charge on any atom is -0.543 e. The van der Waals surface area contributed by atoms with E-state index < -0.39 is 53.6 Å². The zero-order valence-electron chi connectivity index (χ0n) is 16.2. The molecule has 1 fully saturated rings. The fourth-order valence-corrected chi connectivity index (χ4v) is 4.68. The maximum absolute atomic E-state index is 12.5. The van der Waals surface area contributed by atoms with Crippen LogP contribution in [0.15, 0.2) is 27.0 Å². The molecule has 17 heteroatoms. The van der Waals surface area contributed by atoms with Crippen LogP contribution in [-0.4, -0.2) is 75.0 Å². The average Bonchev–Trinajstić information content (AvgIpc) is 3.14. The van der Waals surface area contributed by atoms with Gasteiger partial charge in [-0.2, -0.15) is 0 Å². The van der Waals surface area contributed by atoms with Crippen LogP contribution in [0, 0.1) is 0 Å². The van der Waals surface area contributed by atoms with Gasteiger partial charge < -0.3 is 31.0 Å². The van der Waals surface area contributed by atoms with Gasteiger partial charge in [0, 0.05) is 16.7 Å². The molecule has 2 atom stereocenters. The molecule has 0 spiro atoms. The minimum absolute atomic E-state index is 0. The van der Waals surface area contributed by atoms with E-state index in [4.69, 9.17) is 10.9 Å². The number of amides is 2. The van der Waals surface area contributed by atoms with E-state index in [1.807, 2.05) is 0 Å². The Labute approximate surface area is 208 Å². The van der Waals surface area contributed by atoms with Gasteiger partial charge in [0.25, 0.3) is 18.2 Å². The Hall–Kier alpha value is -2.27. The fourth-order valence-electron chi connectivity index (χ4n) is 2.81. The Morgan fingerprint density at radius 3 is 2.81 bits per heavy atom. The number of oxime groups is 2. The second-order valence-electron chi connectivity index (χ2n) is 5.98. The SMILES string of the molecule is Nc1nc(/C(=N/O)C(=O)N[C@@H]2C(=O)N3C(C(=O)[O-])=C(CON=CC(F)F)CS[C@H]23)cs1.[Na+]. The quantitative estimate of drug-likeness (QED) is 0.105. The Morgan fingerprint density at radius 1 is 1.53 bits per heavy atom. The van der Waals surface area contributed by atoms with E-state index in [-0.39, 0.29) is 57.9 Å². The maximum Gasteiger partial charge on any atom is 1.00 e. The number of hydrogen-bond donors (Lipinski definition) is 3. The Morgan fingerprint density at radius 2 is 2.25 bits per heavy atom. The van der Waals surface area contributed by atoms with Gasteiger partial charge in [0.05, 0.1) is 11.7 Å². The number of carboxylic acids is 1. The summed E-state index contributed by atoms with van der Waals surface area (Å²) in [6, 6.07) is -1.11. The molecule has 166 valence electrons. The molecule has 4 N–H and O–H groups in total. The van der Waals surface area contributed by atoms with Crippen LogP contribution in [0.4, 0.5) is 13.9 Å². The molecule has 0 aliphatic carbocycles. The first kappa shape index (κ1) is 26.0. The number of nitrogens with zero attached hydrogens (tertiary/aromatic N) is 4. The number of nitrogens with one attached hydrogen (secondary N) is 1. The minimum atomic E-state index is -2.84. The van der Waals surface area contributed by atoms with E-state index in [0.717, 1.165) is 28.0 Å². The Balaban J connectivity index is 0.00000363. The molecule has 3 heterocycles. The number of hydrogen-bond acceptors (Lipinski definition) is 12. The number of rotatable bonds is 8. The van der Waals surface area contributed by atoms with Gasteiger partial charge in [-0.05, 0) is 0 Å². The van der Waals surface area contributed by atoms with E-state index in [9.17, 15) is 28.3 Å². The van der Waals surface area contributed by atoms with Crippen LogP contribution in [0.2, 0.25) is 0 Å². The van der Waals surface area contributed by atoms with Crippen LogP contribution in [0.1, 0.15) is 5.69 Å². The third-order valence-corrected chi connectivity index (χ3v) is 6.11. The van der Waals surface area contributed by atoms with Gasteiger partial charge in [-0.1, -0.05) is 10.3 Å². The van der Waals surface area contributed by atoms with Gasteiger partial charge in [0.15, 0.2) is 10.8 Å². The number of carbonyl (C=O) groups excluding carboxylic acids is 3. The number of carboxylic acid groups (broad SMARTS) is 1. The number of fused-ring (bicyclic) bond motifs is 1. The van der Waals surface area contributed by atoms with Crippen molar-refractivity contribution in [1.29, 1.82) is 0 Å². The van der Waals surface area contributed by atoms with Crippen molar-refractivity contribution < 1.29 is 67.9 Å². The van der Waals surface area contributed by atoms with Crippen LogP contribution >= 0.6 is 23.1 Å². The van der Waals surface area contributed by atoms with Gasteiger partial charge in [0.2, 0.25) is 0 Å². The van der Waals surface area contributed by atoms with Crippen molar-refractivity contribution in [2.75, 3.05) is 18.1 Å². The number of carbonyl (C=O) groups is 3. The number of thiazole rings is 1. The summed E-state index contributed by atoms with van der Waals surface area (Å²) in [4.78, 5) is 45.9. The van der Waals surface area contributed by atoms with Gasteiger partial charge in [0.1, 0.15) is 29.9 Å². The number of nitrogens with two attached hydrogens (primary N) is 1. The van der Waals surface area contributed by atoms with Gasteiger partial charge in [-0.3, -0.25) is 14.5 Å². The number of nitrogen functional groups attached to an aromatic ring is 1. The van der Waals surface area contributed by atoms with Crippen molar-refractivity contribution in [1.82, 2.24) is 15.2 Å². The van der Waals surface area contributed by atoms with Crippen molar-refractivity contribution in [2.45, 2.75) is 17.8 Å². The third kappa shape index (κ3) is 5.37. The number of aliphatic carboxylic acids is 1. The van der Waals surface area contributed by atoms with Gasteiger partial charge in [-0.25, -0.2) is 13.8 Å². The number of aromatic nitrogens is 1. The Bertz CT molecular complexity index is 1000.